The lowest BCUT2D eigenvalue weighted by Gasteiger charge is -2.36. The molecule has 0 unspecified atom stereocenters. The Morgan fingerprint density at radius 2 is 1.88 bits per heavy atom. The number of rotatable bonds is 6. The standard InChI is InChI=1S/C17H27N5O2/c1-18-17(19-8-13-24-2)20-14-16(23)22-11-9-21(10-12-22)15-6-4-3-5-7-15/h3-7H,8-14H2,1-2H3,(H2,18,19,20). The van der Waals surface area contributed by atoms with E-state index in [1.165, 1.54) is 5.69 Å². The number of anilines is 1. The highest BCUT2D eigenvalue weighted by atomic mass is 16.5. The molecule has 2 N–H and O–H groups in total. The van der Waals surface area contributed by atoms with Gasteiger partial charge >= 0.3 is 0 Å². The number of amides is 1. The fourth-order valence-electron chi connectivity index (χ4n) is 2.62. The highest BCUT2D eigenvalue weighted by Crippen LogP contribution is 2.15. The lowest BCUT2D eigenvalue weighted by atomic mass is 10.2. The van der Waals surface area contributed by atoms with Crippen molar-refractivity contribution in [3.63, 3.8) is 0 Å². The van der Waals surface area contributed by atoms with Crippen molar-refractivity contribution in [2.75, 3.05) is 64.9 Å². The molecule has 2 rings (SSSR count). The number of nitrogens with one attached hydrogen (secondary N) is 2. The van der Waals surface area contributed by atoms with Crippen LogP contribution in [-0.2, 0) is 9.53 Å². The summed E-state index contributed by atoms with van der Waals surface area (Å²) >= 11 is 0. The Bertz CT molecular complexity index is 527. The maximum absolute atomic E-state index is 12.3. The van der Waals surface area contributed by atoms with Crippen molar-refractivity contribution in [3.8, 4) is 0 Å². The Kier molecular flexibility index (Phi) is 7.35. The van der Waals surface area contributed by atoms with Gasteiger partial charge in [0.25, 0.3) is 0 Å². The fraction of sp³-hybridized carbons (Fsp3) is 0.529. The SMILES string of the molecule is CN=C(NCCOC)NCC(=O)N1CCN(c2ccccc2)CC1. The fourth-order valence-corrected chi connectivity index (χ4v) is 2.62. The molecule has 1 saturated heterocycles. The van der Waals surface area contributed by atoms with Gasteiger partial charge in [-0.05, 0) is 12.1 Å². The van der Waals surface area contributed by atoms with Gasteiger partial charge in [0.1, 0.15) is 0 Å². The molecule has 0 bridgehead atoms. The van der Waals surface area contributed by atoms with Gasteiger partial charge in [0, 0.05) is 52.6 Å². The third-order valence-electron chi connectivity index (χ3n) is 3.98. The molecule has 0 aromatic heterocycles. The molecule has 0 atom stereocenters. The van der Waals surface area contributed by atoms with E-state index in [1.54, 1.807) is 14.2 Å². The van der Waals surface area contributed by atoms with Crippen molar-refractivity contribution in [1.82, 2.24) is 15.5 Å². The third kappa shape index (κ3) is 5.42. The molecular formula is C17H27N5O2. The van der Waals surface area contributed by atoms with Crippen LogP contribution in [0, 0.1) is 0 Å². The van der Waals surface area contributed by atoms with Crippen LogP contribution < -0.4 is 15.5 Å². The summed E-state index contributed by atoms with van der Waals surface area (Å²) in [5, 5.41) is 6.14. The molecule has 24 heavy (non-hydrogen) atoms. The molecule has 0 spiro atoms. The Morgan fingerprint density at radius 3 is 2.50 bits per heavy atom. The van der Waals surface area contributed by atoms with Gasteiger partial charge < -0.3 is 25.2 Å². The number of aliphatic imine (C=N–C) groups is 1. The number of ether oxygens (including phenoxy) is 1. The first-order valence-electron chi connectivity index (χ1n) is 8.26. The van der Waals surface area contributed by atoms with Gasteiger partial charge in [0.15, 0.2) is 5.96 Å². The van der Waals surface area contributed by atoms with Crippen LogP contribution in [0.3, 0.4) is 0 Å². The summed E-state index contributed by atoms with van der Waals surface area (Å²) in [6.45, 7) is 4.69. The number of hydrogen-bond acceptors (Lipinski definition) is 4. The topological polar surface area (TPSA) is 69.2 Å². The van der Waals surface area contributed by atoms with Crippen LogP contribution in [0.4, 0.5) is 5.69 Å². The summed E-state index contributed by atoms with van der Waals surface area (Å²) in [6, 6.07) is 10.3. The molecule has 0 radical (unpaired) electrons. The number of methoxy groups -OCH3 is 1. The molecule has 1 amide bonds. The number of para-hydroxylation sites is 1. The van der Waals surface area contributed by atoms with Crippen LogP contribution in [0.5, 0.6) is 0 Å². The van der Waals surface area contributed by atoms with Crippen molar-refractivity contribution >= 4 is 17.6 Å². The van der Waals surface area contributed by atoms with E-state index in [-0.39, 0.29) is 12.5 Å². The number of carbonyl (C=O) groups is 1. The monoisotopic (exact) mass is 333 g/mol. The maximum Gasteiger partial charge on any atom is 0.242 e. The van der Waals surface area contributed by atoms with E-state index >= 15 is 0 Å². The predicted octanol–water partition coefficient (Wildman–Crippen LogP) is 0.147. The summed E-state index contributed by atoms with van der Waals surface area (Å²) in [4.78, 5) is 20.6. The zero-order chi connectivity index (χ0) is 17.2. The molecule has 7 nitrogen and oxygen atoms in total. The first-order valence-corrected chi connectivity index (χ1v) is 8.26. The minimum absolute atomic E-state index is 0.0948. The third-order valence-corrected chi connectivity index (χ3v) is 3.98. The van der Waals surface area contributed by atoms with E-state index in [1.807, 2.05) is 23.1 Å². The zero-order valence-electron chi connectivity index (χ0n) is 14.5. The van der Waals surface area contributed by atoms with Crippen LogP contribution in [0.1, 0.15) is 0 Å². The predicted molar refractivity (Wildman–Crippen MR) is 96.5 cm³/mol. The van der Waals surface area contributed by atoms with Crippen molar-refractivity contribution < 1.29 is 9.53 Å². The van der Waals surface area contributed by atoms with Crippen molar-refractivity contribution in [2.24, 2.45) is 4.99 Å². The van der Waals surface area contributed by atoms with Gasteiger partial charge in [0.05, 0.1) is 13.2 Å². The molecule has 1 aliphatic rings. The summed E-state index contributed by atoms with van der Waals surface area (Å²) < 4.78 is 4.98. The van der Waals surface area contributed by atoms with E-state index in [9.17, 15) is 4.79 Å². The van der Waals surface area contributed by atoms with Crippen LogP contribution >= 0.6 is 0 Å². The van der Waals surface area contributed by atoms with Gasteiger partial charge in [-0.1, -0.05) is 18.2 Å². The van der Waals surface area contributed by atoms with Crippen molar-refractivity contribution in [1.29, 1.82) is 0 Å². The van der Waals surface area contributed by atoms with Crippen LogP contribution in [0.2, 0.25) is 0 Å². The summed E-state index contributed by atoms with van der Waals surface area (Å²) in [5.41, 5.74) is 1.21. The van der Waals surface area contributed by atoms with Crippen molar-refractivity contribution in [3.05, 3.63) is 30.3 Å². The van der Waals surface area contributed by atoms with Crippen LogP contribution in [0.15, 0.2) is 35.3 Å². The molecular weight excluding hydrogens is 306 g/mol. The molecule has 1 aromatic rings. The number of benzene rings is 1. The molecule has 7 heteroatoms. The average Bonchev–Trinajstić information content (AvgIpc) is 2.65. The van der Waals surface area contributed by atoms with Crippen LogP contribution in [-0.4, -0.2) is 76.8 Å². The molecule has 1 heterocycles. The Balaban J connectivity index is 1.72. The second-order valence-electron chi connectivity index (χ2n) is 5.55. The Morgan fingerprint density at radius 1 is 1.17 bits per heavy atom. The Labute approximate surface area is 143 Å². The van der Waals surface area contributed by atoms with Gasteiger partial charge in [0.2, 0.25) is 5.91 Å². The number of hydrogen-bond donors (Lipinski definition) is 2. The van der Waals surface area contributed by atoms with Crippen LogP contribution in [0.25, 0.3) is 0 Å². The molecule has 1 aliphatic heterocycles. The molecule has 132 valence electrons. The first-order chi connectivity index (χ1) is 11.7. The number of carbonyl (C=O) groups excluding carboxylic acids is 1. The summed E-state index contributed by atoms with van der Waals surface area (Å²) in [5.74, 6) is 0.709. The van der Waals surface area contributed by atoms with Gasteiger partial charge in [-0.3, -0.25) is 9.79 Å². The van der Waals surface area contributed by atoms with E-state index in [0.717, 1.165) is 26.2 Å². The van der Waals surface area contributed by atoms with Gasteiger partial charge in [-0.25, -0.2) is 0 Å². The quantitative estimate of drug-likeness (QED) is 0.440. The smallest absolute Gasteiger partial charge is 0.242 e. The highest BCUT2D eigenvalue weighted by Gasteiger charge is 2.21. The minimum atomic E-state index is 0.0948. The molecule has 1 fully saturated rings. The number of piperazine rings is 1. The highest BCUT2D eigenvalue weighted by molar-refractivity contribution is 5.86. The van der Waals surface area contributed by atoms with E-state index in [0.29, 0.717) is 19.1 Å². The minimum Gasteiger partial charge on any atom is -0.383 e. The van der Waals surface area contributed by atoms with E-state index in [2.05, 4.69) is 32.7 Å². The van der Waals surface area contributed by atoms with Gasteiger partial charge in [-0.2, -0.15) is 0 Å². The largest absolute Gasteiger partial charge is 0.383 e. The second kappa shape index (κ2) is 9.77. The average molecular weight is 333 g/mol. The lowest BCUT2D eigenvalue weighted by molar-refractivity contribution is -0.130. The normalized spacial score (nSPS) is 15.3. The molecule has 1 aromatic carbocycles. The maximum atomic E-state index is 12.3. The van der Waals surface area contributed by atoms with E-state index < -0.39 is 0 Å². The molecule has 0 saturated carbocycles. The second-order valence-corrected chi connectivity index (χ2v) is 5.55. The number of nitrogens with zero attached hydrogens (tertiary/aromatic N) is 3. The Hall–Kier alpha value is -2.28. The summed E-state index contributed by atoms with van der Waals surface area (Å²) in [7, 11) is 3.34. The number of guanidine groups is 1. The van der Waals surface area contributed by atoms with Gasteiger partial charge in [-0.15, -0.1) is 0 Å². The van der Waals surface area contributed by atoms with Crippen molar-refractivity contribution in [2.45, 2.75) is 0 Å². The first kappa shape index (κ1) is 18.1. The lowest BCUT2D eigenvalue weighted by Crippen LogP contribution is -2.52. The molecule has 0 aliphatic carbocycles. The summed E-state index contributed by atoms with van der Waals surface area (Å²) in [6.07, 6.45) is 0. The van der Waals surface area contributed by atoms with E-state index in [4.69, 9.17) is 4.74 Å². The zero-order valence-corrected chi connectivity index (χ0v) is 14.5.